The van der Waals surface area contributed by atoms with E-state index in [9.17, 15) is 8.78 Å². The molecule has 0 aromatic heterocycles. The van der Waals surface area contributed by atoms with E-state index in [0.29, 0.717) is 11.9 Å². The molecule has 18 heavy (non-hydrogen) atoms. The van der Waals surface area contributed by atoms with Crippen LogP contribution in [0.4, 0.5) is 8.78 Å². The maximum absolute atomic E-state index is 13.1. The monoisotopic (exact) mass is 254 g/mol. The summed E-state index contributed by atoms with van der Waals surface area (Å²) in [5.41, 5.74) is -0.153. The van der Waals surface area contributed by atoms with Gasteiger partial charge in [0, 0.05) is 6.32 Å². The molecule has 1 aromatic carbocycles. The highest BCUT2D eigenvalue weighted by Gasteiger charge is 2.50. The van der Waals surface area contributed by atoms with Gasteiger partial charge in [-0.15, -0.1) is 0 Å². The van der Waals surface area contributed by atoms with Gasteiger partial charge >= 0.3 is 7.12 Å². The molecule has 0 N–H and O–H groups in total. The average Bonchev–Trinajstić information content (AvgIpc) is 2.41. The van der Waals surface area contributed by atoms with Crippen LogP contribution in [0.3, 0.4) is 0 Å². The summed E-state index contributed by atoms with van der Waals surface area (Å²) in [6, 6.07) is 3.85. The highest BCUT2D eigenvalue weighted by Crippen LogP contribution is 2.37. The van der Waals surface area contributed by atoms with Crippen LogP contribution in [-0.4, -0.2) is 18.3 Å². The van der Waals surface area contributed by atoms with Crippen molar-refractivity contribution in [3.8, 4) is 0 Å². The largest absolute Gasteiger partial charge is 0.462 e. The van der Waals surface area contributed by atoms with Gasteiger partial charge in [0.1, 0.15) is 0 Å². The first kappa shape index (κ1) is 13.5. The summed E-state index contributed by atoms with van der Waals surface area (Å²) in [5, 5.41) is 0. The van der Waals surface area contributed by atoms with Crippen molar-refractivity contribution >= 4 is 7.12 Å². The molecule has 2 rings (SSSR count). The minimum absolute atomic E-state index is 0.407. The molecule has 0 atom stereocenters. The van der Waals surface area contributed by atoms with Crippen molar-refractivity contribution in [2.24, 2.45) is 0 Å². The van der Waals surface area contributed by atoms with Crippen LogP contribution in [0.1, 0.15) is 33.3 Å². The number of rotatable bonds is 2. The first-order valence-electron chi connectivity index (χ1n) is 6.01. The van der Waals surface area contributed by atoms with E-state index >= 15 is 0 Å². The number of halogens is 2. The molecule has 1 fully saturated rings. The van der Waals surface area contributed by atoms with Gasteiger partial charge in [0.05, 0.1) is 11.2 Å². The second-order valence-corrected chi connectivity index (χ2v) is 5.64. The fourth-order valence-electron chi connectivity index (χ4n) is 1.91. The van der Waals surface area contributed by atoms with E-state index in [0.717, 1.165) is 6.07 Å². The van der Waals surface area contributed by atoms with Gasteiger partial charge in [-0.2, -0.15) is 0 Å². The lowest BCUT2D eigenvalue weighted by Crippen LogP contribution is -2.41. The Morgan fingerprint density at radius 1 is 1.00 bits per heavy atom. The Morgan fingerprint density at radius 3 is 2.06 bits per heavy atom. The first-order valence-corrected chi connectivity index (χ1v) is 6.01. The molecule has 0 saturated carbocycles. The SMILES string of the molecule is CC1(C)OB(Cc2ccc(F)c(F)c2)OC1(C)C. The Balaban J connectivity index is 2.10. The van der Waals surface area contributed by atoms with Crippen LogP contribution in [0.15, 0.2) is 18.2 Å². The van der Waals surface area contributed by atoms with E-state index in [1.165, 1.54) is 6.07 Å². The van der Waals surface area contributed by atoms with Crippen molar-refractivity contribution in [1.29, 1.82) is 0 Å². The third-order valence-electron chi connectivity index (χ3n) is 3.69. The molecule has 0 unspecified atom stereocenters. The van der Waals surface area contributed by atoms with Gasteiger partial charge in [0.15, 0.2) is 11.6 Å². The molecule has 0 radical (unpaired) electrons. The highest BCUT2D eigenvalue weighted by atomic mass is 19.2. The van der Waals surface area contributed by atoms with Crippen molar-refractivity contribution in [3.05, 3.63) is 35.4 Å². The summed E-state index contributed by atoms with van der Waals surface area (Å²) in [6.07, 6.45) is 0.407. The normalized spacial score (nSPS) is 21.3. The Kier molecular flexibility index (Phi) is 3.24. The van der Waals surface area contributed by atoms with Crippen LogP contribution >= 0.6 is 0 Å². The molecular formula is C13H17BF2O2. The molecule has 1 saturated heterocycles. The summed E-state index contributed by atoms with van der Waals surface area (Å²) < 4.78 is 37.5. The molecule has 0 spiro atoms. The van der Waals surface area contributed by atoms with Gasteiger partial charge in [-0.25, -0.2) is 8.78 Å². The molecule has 1 aliphatic heterocycles. The van der Waals surface area contributed by atoms with E-state index < -0.39 is 30.0 Å². The smallest absolute Gasteiger partial charge is 0.403 e. The minimum atomic E-state index is -0.844. The molecular weight excluding hydrogens is 237 g/mol. The van der Waals surface area contributed by atoms with Gasteiger partial charge in [-0.1, -0.05) is 6.07 Å². The summed E-state index contributed by atoms with van der Waals surface area (Å²) in [4.78, 5) is 0. The summed E-state index contributed by atoms with van der Waals surface area (Å²) in [6.45, 7) is 7.83. The Labute approximate surface area is 106 Å². The lowest BCUT2D eigenvalue weighted by Gasteiger charge is -2.32. The molecule has 0 aliphatic carbocycles. The lowest BCUT2D eigenvalue weighted by atomic mass is 9.81. The van der Waals surface area contributed by atoms with Crippen LogP contribution < -0.4 is 0 Å². The first-order chi connectivity index (χ1) is 8.21. The van der Waals surface area contributed by atoms with Crippen molar-refractivity contribution < 1.29 is 18.1 Å². The van der Waals surface area contributed by atoms with Crippen LogP contribution in [0, 0.1) is 11.6 Å². The van der Waals surface area contributed by atoms with Crippen molar-refractivity contribution in [3.63, 3.8) is 0 Å². The predicted molar refractivity (Wildman–Crippen MR) is 66.1 cm³/mol. The zero-order chi connectivity index (χ0) is 13.6. The van der Waals surface area contributed by atoms with Gasteiger partial charge in [-0.3, -0.25) is 0 Å². The molecule has 0 amide bonds. The standard InChI is InChI=1S/C13H17BF2O2/c1-12(2)13(3,4)18-14(17-12)8-9-5-6-10(15)11(16)7-9/h5-7H,8H2,1-4H3. The van der Waals surface area contributed by atoms with Crippen molar-refractivity contribution in [2.45, 2.75) is 45.2 Å². The third kappa shape index (κ3) is 2.42. The van der Waals surface area contributed by atoms with E-state index in [1.54, 1.807) is 6.07 Å². The molecule has 0 bridgehead atoms. The van der Waals surface area contributed by atoms with Crippen LogP contribution in [0.25, 0.3) is 0 Å². The van der Waals surface area contributed by atoms with Gasteiger partial charge in [0.25, 0.3) is 0 Å². The van der Waals surface area contributed by atoms with E-state index in [1.807, 2.05) is 27.7 Å². The van der Waals surface area contributed by atoms with E-state index in [-0.39, 0.29) is 0 Å². The van der Waals surface area contributed by atoms with Gasteiger partial charge in [0.2, 0.25) is 0 Å². The Hall–Kier alpha value is -0.935. The quantitative estimate of drug-likeness (QED) is 0.755. The fraction of sp³-hybridized carbons (Fsp3) is 0.538. The summed E-state index contributed by atoms with van der Waals surface area (Å²) in [7, 11) is -0.431. The van der Waals surface area contributed by atoms with Crippen molar-refractivity contribution in [1.82, 2.24) is 0 Å². The average molecular weight is 254 g/mol. The van der Waals surface area contributed by atoms with Gasteiger partial charge < -0.3 is 9.31 Å². The number of hydrogen-bond donors (Lipinski definition) is 0. The van der Waals surface area contributed by atoms with Crippen LogP contribution in [0.2, 0.25) is 0 Å². The van der Waals surface area contributed by atoms with E-state index in [2.05, 4.69) is 0 Å². The molecule has 2 nitrogen and oxygen atoms in total. The second-order valence-electron chi connectivity index (χ2n) is 5.64. The minimum Gasteiger partial charge on any atom is -0.403 e. The maximum Gasteiger partial charge on any atom is 0.462 e. The predicted octanol–water partition coefficient (Wildman–Crippen LogP) is 3.14. The van der Waals surface area contributed by atoms with Crippen LogP contribution in [0.5, 0.6) is 0 Å². The molecule has 5 heteroatoms. The summed E-state index contributed by atoms with van der Waals surface area (Å²) in [5.74, 6) is -1.68. The van der Waals surface area contributed by atoms with Crippen LogP contribution in [-0.2, 0) is 15.6 Å². The van der Waals surface area contributed by atoms with Crippen molar-refractivity contribution in [2.75, 3.05) is 0 Å². The topological polar surface area (TPSA) is 18.5 Å². The lowest BCUT2D eigenvalue weighted by molar-refractivity contribution is 0.00578. The zero-order valence-electron chi connectivity index (χ0n) is 11.1. The molecule has 1 aliphatic rings. The maximum atomic E-state index is 13.1. The number of hydrogen-bond acceptors (Lipinski definition) is 2. The van der Waals surface area contributed by atoms with E-state index in [4.69, 9.17) is 9.31 Å². The fourth-order valence-corrected chi connectivity index (χ4v) is 1.91. The molecule has 1 aromatic rings. The molecule has 1 heterocycles. The Morgan fingerprint density at radius 2 is 1.56 bits per heavy atom. The summed E-state index contributed by atoms with van der Waals surface area (Å²) >= 11 is 0. The zero-order valence-corrected chi connectivity index (χ0v) is 11.1. The second kappa shape index (κ2) is 4.32. The molecule has 98 valence electrons. The van der Waals surface area contributed by atoms with Gasteiger partial charge in [-0.05, 0) is 45.4 Å². The highest BCUT2D eigenvalue weighted by molar-refractivity contribution is 6.45. The third-order valence-corrected chi connectivity index (χ3v) is 3.69. The number of benzene rings is 1. The Bertz CT molecular complexity index is 444.